The number of benzene rings is 1. The van der Waals surface area contributed by atoms with Gasteiger partial charge in [0.15, 0.2) is 6.10 Å². The van der Waals surface area contributed by atoms with E-state index in [-0.39, 0.29) is 11.9 Å². The van der Waals surface area contributed by atoms with Crippen LogP contribution in [0.2, 0.25) is 0 Å². The van der Waals surface area contributed by atoms with E-state index in [2.05, 4.69) is 0 Å². The number of hydrogen-bond acceptors (Lipinski definition) is 2. The van der Waals surface area contributed by atoms with Gasteiger partial charge < -0.3 is 9.64 Å². The van der Waals surface area contributed by atoms with Crippen LogP contribution in [0.25, 0.3) is 0 Å². The Bertz CT molecular complexity index is 426. The molecule has 1 atom stereocenters. The molecule has 1 aromatic rings. The Balaban J connectivity index is 2.53. The fourth-order valence-corrected chi connectivity index (χ4v) is 2.00. The van der Waals surface area contributed by atoms with Gasteiger partial charge in [-0.25, -0.2) is 0 Å². The van der Waals surface area contributed by atoms with Crippen LogP contribution in [0.4, 0.5) is 5.69 Å². The number of amides is 1. The number of carbonyl (C=O) groups is 1. The van der Waals surface area contributed by atoms with Crippen LogP contribution >= 0.6 is 0 Å². The van der Waals surface area contributed by atoms with E-state index in [9.17, 15) is 4.79 Å². The number of rotatable bonds is 1. The first-order valence-corrected chi connectivity index (χ1v) is 5.61. The van der Waals surface area contributed by atoms with Crippen LogP contribution in [-0.4, -0.2) is 18.1 Å². The van der Waals surface area contributed by atoms with Gasteiger partial charge in [-0.3, -0.25) is 4.79 Å². The Labute approximate surface area is 96.0 Å². The smallest absolute Gasteiger partial charge is 0.268 e. The predicted molar refractivity (Wildman–Crippen MR) is 63.9 cm³/mol. The van der Waals surface area contributed by atoms with Crippen molar-refractivity contribution in [1.29, 1.82) is 0 Å². The van der Waals surface area contributed by atoms with Gasteiger partial charge in [0.05, 0.1) is 5.69 Å². The lowest BCUT2D eigenvalue weighted by atomic mass is 10.1. The average molecular weight is 219 g/mol. The molecule has 0 N–H and O–H groups in total. The highest BCUT2D eigenvalue weighted by Crippen LogP contribution is 2.35. The summed E-state index contributed by atoms with van der Waals surface area (Å²) in [6, 6.07) is 6.08. The molecule has 86 valence electrons. The highest BCUT2D eigenvalue weighted by Gasteiger charge is 2.32. The van der Waals surface area contributed by atoms with Gasteiger partial charge in [0.25, 0.3) is 5.91 Å². The molecule has 1 aliphatic heterocycles. The van der Waals surface area contributed by atoms with Crippen LogP contribution in [0.3, 0.4) is 0 Å². The van der Waals surface area contributed by atoms with Crippen molar-refractivity contribution >= 4 is 11.6 Å². The van der Waals surface area contributed by atoms with E-state index < -0.39 is 6.10 Å². The lowest BCUT2D eigenvalue weighted by molar-refractivity contribution is -0.125. The molecule has 1 heterocycles. The van der Waals surface area contributed by atoms with Gasteiger partial charge in [-0.05, 0) is 45.4 Å². The fraction of sp³-hybridized carbons (Fsp3) is 0.462. The summed E-state index contributed by atoms with van der Waals surface area (Å²) in [5.74, 6) is 0.833. The third-order valence-corrected chi connectivity index (χ3v) is 2.78. The number of carbonyl (C=O) groups excluding carboxylic acids is 1. The summed E-state index contributed by atoms with van der Waals surface area (Å²) in [4.78, 5) is 13.9. The van der Waals surface area contributed by atoms with Gasteiger partial charge >= 0.3 is 0 Å². The van der Waals surface area contributed by atoms with Gasteiger partial charge in [0, 0.05) is 6.04 Å². The van der Waals surface area contributed by atoms with Crippen molar-refractivity contribution in [3.05, 3.63) is 23.8 Å². The second-order valence-electron chi connectivity index (χ2n) is 4.53. The quantitative estimate of drug-likeness (QED) is 0.726. The third kappa shape index (κ3) is 1.66. The maximum absolute atomic E-state index is 12.0. The van der Waals surface area contributed by atoms with E-state index in [4.69, 9.17) is 4.74 Å². The van der Waals surface area contributed by atoms with Crippen molar-refractivity contribution in [1.82, 2.24) is 0 Å². The second kappa shape index (κ2) is 3.81. The Morgan fingerprint density at radius 1 is 1.38 bits per heavy atom. The molecule has 0 aliphatic carbocycles. The summed E-state index contributed by atoms with van der Waals surface area (Å²) < 4.78 is 5.59. The SMILES string of the molecule is Cc1ccc2c(c1)N(C(C)C)C(=O)C(C)O2. The monoisotopic (exact) mass is 219 g/mol. The summed E-state index contributed by atoms with van der Waals surface area (Å²) >= 11 is 0. The van der Waals surface area contributed by atoms with Gasteiger partial charge in [-0.1, -0.05) is 6.07 Å². The minimum absolute atomic E-state index is 0.0353. The van der Waals surface area contributed by atoms with E-state index in [0.717, 1.165) is 17.0 Å². The number of aryl methyl sites for hydroxylation is 1. The lowest BCUT2D eigenvalue weighted by Crippen LogP contribution is -2.47. The van der Waals surface area contributed by atoms with Crippen LogP contribution in [0.15, 0.2) is 18.2 Å². The molecule has 0 aromatic heterocycles. The topological polar surface area (TPSA) is 29.5 Å². The molecular formula is C13H17NO2. The number of anilines is 1. The molecule has 1 amide bonds. The summed E-state index contributed by atoms with van der Waals surface area (Å²) in [5, 5.41) is 0. The molecule has 3 heteroatoms. The van der Waals surface area contributed by atoms with E-state index in [1.165, 1.54) is 0 Å². The molecule has 2 rings (SSSR count). The van der Waals surface area contributed by atoms with Crippen LogP contribution in [0.5, 0.6) is 5.75 Å². The normalized spacial score (nSPS) is 19.7. The zero-order valence-electron chi connectivity index (χ0n) is 10.2. The Kier molecular flexibility index (Phi) is 2.62. The molecule has 16 heavy (non-hydrogen) atoms. The first-order valence-electron chi connectivity index (χ1n) is 5.61. The van der Waals surface area contributed by atoms with Crippen LogP contribution < -0.4 is 9.64 Å². The van der Waals surface area contributed by atoms with Crippen LogP contribution in [-0.2, 0) is 4.79 Å². The molecule has 0 bridgehead atoms. The largest absolute Gasteiger partial charge is 0.479 e. The fourth-order valence-electron chi connectivity index (χ4n) is 2.00. The van der Waals surface area contributed by atoms with Gasteiger partial charge in [-0.2, -0.15) is 0 Å². The molecule has 1 aromatic carbocycles. The predicted octanol–water partition coefficient (Wildman–Crippen LogP) is 2.52. The zero-order chi connectivity index (χ0) is 11.9. The minimum Gasteiger partial charge on any atom is -0.479 e. The maximum Gasteiger partial charge on any atom is 0.268 e. The standard InChI is InChI=1S/C13H17NO2/c1-8(2)14-11-7-9(3)5-6-12(11)16-10(4)13(14)15/h5-8,10H,1-4H3. The van der Waals surface area contributed by atoms with Crippen molar-refractivity contribution in [3.63, 3.8) is 0 Å². The van der Waals surface area contributed by atoms with Gasteiger partial charge in [-0.15, -0.1) is 0 Å². The van der Waals surface area contributed by atoms with Crippen molar-refractivity contribution in [3.8, 4) is 5.75 Å². The highest BCUT2D eigenvalue weighted by molar-refractivity contribution is 6.00. The van der Waals surface area contributed by atoms with Crippen LogP contribution in [0, 0.1) is 6.92 Å². The molecule has 1 aliphatic rings. The second-order valence-corrected chi connectivity index (χ2v) is 4.53. The summed E-state index contributed by atoms with van der Waals surface area (Å²) in [7, 11) is 0. The number of nitrogens with zero attached hydrogens (tertiary/aromatic N) is 1. The highest BCUT2D eigenvalue weighted by atomic mass is 16.5. The van der Waals surface area contributed by atoms with E-state index in [0.29, 0.717) is 0 Å². The average Bonchev–Trinajstić information content (AvgIpc) is 2.20. The van der Waals surface area contributed by atoms with Gasteiger partial charge in [0.1, 0.15) is 5.75 Å². The van der Waals surface area contributed by atoms with E-state index in [1.807, 2.05) is 43.9 Å². The molecule has 0 spiro atoms. The molecular weight excluding hydrogens is 202 g/mol. The molecule has 0 saturated heterocycles. The zero-order valence-corrected chi connectivity index (χ0v) is 10.2. The molecule has 0 fully saturated rings. The summed E-state index contributed by atoms with van der Waals surface area (Å²) in [5.41, 5.74) is 2.02. The van der Waals surface area contributed by atoms with Crippen molar-refractivity contribution in [2.24, 2.45) is 0 Å². The molecule has 1 unspecified atom stereocenters. The number of hydrogen-bond donors (Lipinski definition) is 0. The molecule has 0 saturated carbocycles. The van der Waals surface area contributed by atoms with Crippen LogP contribution in [0.1, 0.15) is 26.3 Å². The number of ether oxygens (including phenoxy) is 1. The van der Waals surface area contributed by atoms with Crippen molar-refractivity contribution in [2.45, 2.75) is 39.8 Å². The van der Waals surface area contributed by atoms with E-state index >= 15 is 0 Å². The lowest BCUT2D eigenvalue weighted by Gasteiger charge is -2.35. The Morgan fingerprint density at radius 3 is 2.69 bits per heavy atom. The Morgan fingerprint density at radius 2 is 2.06 bits per heavy atom. The summed E-state index contributed by atoms with van der Waals surface area (Å²) in [6.07, 6.45) is -0.391. The van der Waals surface area contributed by atoms with E-state index in [1.54, 1.807) is 6.92 Å². The first-order chi connectivity index (χ1) is 7.50. The van der Waals surface area contributed by atoms with Crippen molar-refractivity contribution < 1.29 is 9.53 Å². The molecule has 0 radical (unpaired) electrons. The Hall–Kier alpha value is -1.51. The number of fused-ring (bicyclic) bond motifs is 1. The summed E-state index contributed by atoms with van der Waals surface area (Å²) in [6.45, 7) is 7.84. The van der Waals surface area contributed by atoms with Crippen molar-refractivity contribution in [2.75, 3.05) is 4.90 Å². The molecule has 3 nitrogen and oxygen atoms in total. The third-order valence-electron chi connectivity index (χ3n) is 2.78. The maximum atomic E-state index is 12.0. The minimum atomic E-state index is -0.391. The van der Waals surface area contributed by atoms with Gasteiger partial charge in [0.2, 0.25) is 0 Å². The first kappa shape index (κ1) is 11.0.